The number of hydrogen-bond donors (Lipinski definition) is 1. The fraction of sp³-hybridized carbons (Fsp3) is 0.938. The van der Waals surface area contributed by atoms with E-state index in [-0.39, 0.29) is 6.04 Å². The van der Waals surface area contributed by atoms with Gasteiger partial charge in [-0.05, 0) is 52.1 Å². The average Bonchev–Trinajstić information content (AvgIpc) is 2.41. The fourth-order valence-electron chi connectivity index (χ4n) is 4.54. The topological polar surface area (TPSA) is 35.6 Å². The van der Waals surface area contributed by atoms with Crippen LogP contribution in [-0.4, -0.2) is 60.0 Å². The molecule has 0 radical (unpaired) electrons. The summed E-state index contributed by atoms with van der Waals surface area (Å²) in [5.41, 5.74) is 0. The van der Waals surface area contributed by atoms with E-state index in [4.69, 9.17) is 0 Å². The van der Waals surface area contributed by atoms with E-state index in [1.54, 1.807) is 0 Å². The number of rotatable bonds is 3. The van der Waals surface area contributed by atoms with Crippen LogP contribution in [0.5, 0.6) is 0 Å². The number of amides is 1. The lowest BCUT2D eigenvalue weighted by molar-refractivity contribution is -0.141. The lowest BCUT2D eigenvalue weighted by Gasteiger charge is -2.50. The van der Waals surface area contributed by atoms with E-state index < -0.39 is 0 Å². The van der Waals surface area contributed by atoms with Crippen molar-refractivity contribution in [3.63, 3.8) is 0 Å². The molecule has 0 aliphatic carbocycles. The third-order valence-electron chi connectivity index (χ3n) is 5.68. The van der Waals surface area contributed by atoms with Gasteiger partial charge in [0.2, 0.25) is 5.91 Å². The predicted octanol–water partition coefficient (Wildman–Crippen LogP) is 1.60. The van der Waals surface area contributed by atoms with Crippen LogP contribution in [0.15, 0.2) is 0 Å². The maximum absolute atomic E-state index is 12.7. The molecule has 114 valence electrons. The zero-order valence-corrected chi connectivity index (χ0v) is 13.0. The molecule has 3 rings (SSSR count). The first kappa shape index (κ1) is 14.3. The molecule has 3 aliphatic rings. The third-order valence-corrected chi connectivity index (χ3v) is 5.68. The summed E-state index contributed by atoms with van der Waals surface area (Å²) in [5, 5.41) is 3.36. The Bertz CT molecular complexity index is 344. The first-order valence-electron chi connectivity index (χ1n) is 8.46. The van der Waals surface area contributed by atoms with Gasteiger partial charge in [-0.15, -0.1) is 0 Å². The van der Waals surface area contributed by atoms with E-state index in [9.17, 15) is 4.79 Å². The number of carbonyl (C=O) groups excluding carboxylic acids is 1. The summed E-state index contributed by atoms with van der Waals surface area (Å²) in [6.07, 6.45) is 8.58. The average molecular weight is 279 g/mol. The molecule has 0 aromatic rings. The van der Waals surface area contributed by atoms with E-state index in [2.05, 4.69) is 29.1 Å². The number of piperidine rings is 3. The Kier molecular flexibility index (Phi) is 4.32. The molecule has 3 unspecified atom stereocenters. The summed E-state index contributed by atoms with van der Waals surface area (Å²) in [7, 11) is 2.28. The van der Waals surface area contributed by atoms with Crippen LogP contribution in [0.1, 0.15) is 51.9 Å². The lowest BCUT2D eigenvalue weighted by Crippen LogP contribution is -2.60. The second-order valence-corrected chi connectivity index (χ2v) is 6.81. The van der Waals surface area contributed by atoms with Gasteiger partial charge in [0.05, 0.1) is 6.04 Å². The molecule has 3 atom stereocenters. The van der Waals surface area contributed by atoms with E-state index in [0.717, 1.165) is 25.9 Å². The van der Waals surface area contributed by atoms with Crippen LogP contribution in [0, 0.1) is 0 Å². The number of likely N-dealkylation sites (N-methyl/N-ethyl adjacent to an activating group) is 1. The van der Waals surface area contributed by atoms with Crippen molar-refractivity contribution in [2.75, 3.05) is 20.1 Å². The maximum Gasteiger partial charge on any atom is 0.239 e. The minimum atomic E-state index is 0.0771. The Morgan fingerprint density at radius 2 is 1.80 bits per heavy atom. The number of fused-ring (bicyclic) bond motifs is 2. The van der Waals surface area contributed by atoms with Crippen LogP contribution in [0.4, 0.5) is 0 Å². The largest absolute Gasteiger partial charge is 0.338 e. The second-order valence-electron chi connectivity index (χ2n) is 6.81. The number of carbonyl (C=O) groups is 1. The molecule has 2 bridgehead atoms. The van der Waals surface area contributed by atoms with Gasteiger partial charge in [-0.3, -0.25) is 4.79 Å². The number of nitrogens with zero attached hydrogens (tertiary/aromatic N) is 2. The van der Waals surface area contributed by atoms with Crippen molar-refractivity contribution < 1.29 is 4.79 Å². The Morgan fingerprint density at radius 3 is 2.45 bits per heavy atom. The standard InChI is InChI=1S/C16H29N3O/c1-3-17-15-8-5-9-19(16(15)20)14-10-12-6-4-7-13(11-14)18(12)2/h12-15,17H,3-11H2,1-2H3. The van der Waals surface area contributed by atoms with E-state index in [1.807, 2.05) is 0 Å². The highest BCUT2D eigenvalue weighted by Gasteiger charge is 2.41. The molecular formula is C16H29N3O. The van der Waals surface area contributed by atoms with Gasteiger partial charge in [0, 0.05) is 24.7 Å². The third kappa shape index (κ3) is 2.60. The molecule has 0 aromatic carbocycles. The molecule has 0 spiro atoms. The monoisotopic (exact) mass is 279 g/mol. The number of likely N-dealkylation sites (tertiary alicyclic amines) is 1. The summed E-state index contributed by atoms with van der Waals surface area (Å²) in [4.78, 5) is 17.5. The van der Waals surface area contributed by atoms with Crippen molar-refractivity contribution >= 4 is 5.91 Å². The number of hydrogen-bond acceptors (Lipinski definition) is 3. The molecule has 0 saturated carbocycles. The van der Waals surface area contributed by atoms with E-state index >= 15 is 0 Å². The summed E-state index contributed by atoms with van der Waals surface area (Å²) in [6.45, 7) is 3.96. The highest BCUT2D eigenvalue weighted by molar-refractivity contribution is 5.83. The molecule has 3 aliphatic heterocycles. The van der Waals surface area contributed by atoms with Crippen LogP contribution < -0.4 is 5.32 Å². The maximum atomic E-state index is 12.7. The van der Waals surface area contributed by atoms with Crippen molar-refractivity contribution in [3.8, 4) is 0 Å². The molecule has 0 aromatic heterocycles. The Balaban J connectivity index is 1.68. The summed E-state index contributed by atoms with van der Waals surface area (Å²) in [6, 6.07) is 1.99. The zero-order chi connectivity index (χ0) is 14.1. The van der Waals surface area contributed by atoms with Crippen molar-refractivity contribution in [1.82, 2.24) is 15.1 Å². The SMILES string of the molecule is CCNC1CCCN(C2CC3CCCC(C2)N3C)C1=O. The molecule has 20 heavy (non-hydrogen) atoms. The van der Waals surface area contributed by atoms with Crippen LogP contribution in [0.25, 0.3) is 0 Å². The second kappa shape index (κ2) is 6.02. The lowest BCUT2D eigenvalue weighted by atomic mass is 9.81. The van der Waals surface area contributed by atoms with Crippen LogP contribution in [0.3, 0.4) is 0 Å². The van der Waals surface area contributed by atoms with Gasteiger partial charge < -0.3 is 15.1 Å². The molecule has 4 heteroatoms. The van der Waals surface area contributed by atoms with Gasteiger partial charge in [-0.25, -0.2) is 0 Å². The molecule has 4 nitrogen and oxygen atoms in total. The smallest absolute Gasteiger partial charge is 0.239 e. The molecular weight excluding hydrogens is 250 g/mol. The van der Waals surface area contributed by atoms with Gasteiger partial charge >= 0.3 is 0 Å². The minimum absolute atomic E-state index is 0.0771. The Morgan fingerprint density at radius 1 is 1.10 bits per heavy atom. The van der Waals surface area contributed by atoms with Gasteiger partial charge in [-0.2, -0.15) is 0 Å². The van der Waals surface area contributed by atoms with Crippen molar-refractivity contribution in [3.05, 3.63) is 0 Å². The summed E-state index contributed by atoms with van der Waals surface area (Å²) in [5.74, 6) is 0.366. The van der Waals surface area contributed by atoms with Crippen molar-refractivity contribution in [2.24, 2.45) is 0 Å². The van der Waals surface area contributed by atoms with Crippen molar-refractivity contribution in [2.45, 2.75) is 76.0 Å². The molecule has 3 fully saturated rings. The Labute approximate surface area is 122 Å². The quantitative estimate of drug-likeness (QED) is 0.852. The van der Waals surface area contributed by atoms with Gasteiger partial charge in [0.15, 0.2) is 0 Å². The summed E-state index contributed by atoms with van der Waals surface area (Å²) >= 11 is 0. The van der Waals surface area contributed by atoms with E-state index in [1.165, 1.54) is 32.1 Å². The Hall–Kier alpha value is -0.610. The van der Waals surface area contributed by atoms with Crippen molar-refractivity contribution in [1.29, 1.82) is 0 Å². The fourth-order valence-corrected chi connectivity index (χ4v) is 4.54. The first-order valence-corrected chi connectivity index (χ1v) is 8.46. The molecule has 1 N–H and O–H groups in total. The minimum Gasteiger partial charge on any atom is -0.338 e. The summed E-state index contributed by atoms with van der Waals surface area (Å²) < 4.78 is 0. The molecule has 3 heterocycles. The van der Waals surface area contributed by atoms with E-state index in [0.29, 0.717) is 24.0 Å². The number of nitrogens with one attached hydrogen (secondary N) is 1. The highest BCUT2D eigenvalue weighted by Crippen LogP contribution is 2.35. The van der Waals surface area contributed by atoms with Crippen LogP contribution in [-0.2, 0) is 4.79 Å². The molecule has 3 saturated heterocycles. The van der Waals surface area contributed by atoms with Gasteiger partial charge in [0.1, 0.15) is 0 Å². The van der Waals surface area contributed by atoms with Crippen LogP contribution in [0.2, 0.25) is 0 Å². The first-order chi connectivity index (χ1) is 9.70. The van der Waals surface area contributed by atoms with Gasteiger partial charge in [-0.1, -0.05) is 13.3 Å². The molecule has 1 amide bonds. The highest BCUT2D eigenvalue weighted by atomic mass is 16.2. The normalized spacial score (nSPS) is 39.1. The van der Waals surface area contributed by atoms with Crippen LogP contribution >= 0.6 is 0 Å². The predicted molar refractivity (Wildman–Crippen MR) is 80.6 cm³/mol. The van der Waals surface area contributed by atoms with Gasteiger partial charge in [0.25, 0.3) is 0 Å². The zero-order valence-electron chi connectivity index (χ0n) is 13.0.